The van der Waals surface area contributed by atoms with Crippen molar-refractivity contribution in [2.45, 2.75) is 51.2 Å². The molecule has 1 amide bonds. The smallest absolute Gasteiger partial charge is 0.237 e. The van der Waals surface area contributed by atoms with Gasteiger partial charge in [-0.25, -0.2) is 0 Å². The van der Waals surface area contributed by atoms with Crippen molar-refractivity contribution < 1.29 is 9.32 Å². The fourth-order valence-corrected chi connectivity index (χ4v) is 2.21. The van der Waals surface area contributed by atoms with Crippen LogP contribution in [0, 0.1) is 0 Å². The number of hydrogen-bond acceptors (Lipinski definition) is 5. The summed E-state index contributed by atoms with van der Waals surface area (Å²) in [7, 11) is 1.88. The van der Waals surface area contributed by atoms with E-state index in [2.05, 4.69) is 20.0 Å². The summed E-state index contributed by atoms with van der Waals surface area (Å²) in [5.41, 5.74) is 0. The zero-order valence-corrected chi connectivity index (χ0v) is 10.9. The van der Waals surface area contributed by atoms with E-state index in [0.717, 1.165) is 12.8 Å². The minimum Gasteiger partial charge on any atom is -0.352 e. The summed E-state index contributed by atoms with van der Waals surface area (Å²) in [4.78, 5) is 17.9. The summed E-state index contributed by atoms with van der Waals surface area (Å²) in [6.45, 7) is 2.40. The highest BCUT2D eigenvalue weighted by Gasteiger charge is 2.23. The van der Waals surface area contributed by atoms with Crippen molar-refractivity contribution in [2.24, 2.45) is 0 Å². The van der Waals surface area contributed by atoms with Gasteiger partial charge in [-0.1, -0.05) is 18.0 Å². The van der Waals surface area contributed by atoms with E-state index in [1.54, 1.807) is 0 Å². The minimum atomic E-state index is -0.191. The molecule has 6 heteroatoms. The lowest BCUT2D eigenvalue weighted by Gasteiger charge is -2.24. The third-order valence-electron chi connectivity index (χ3n) is 3.54. The van der Waals surface area contributed by atoms with Crippen molar-refractivity contribution in [3.05, 3.63) is 12.2 Å². The molecule has 0 saturated heterocycles. The van der Waals surface area contributed by atoms with E-state index in [9.17, 15) is 4.79 Å². The predicted molar refractivity (Wildman–Crippen MR) is 65.6 cm³/mol. The molecule has 1 aromatic heterocycles. The number of hydrogen-bond donors (Lipinski definition) is 1. The van der Waals surface area contributed by atoms with Gasteiger partial charge in [0, 0.05) is 6.04 Å². The van der Waals surface area contributed by atoms with Crippen LogP contribution in [-0.2, 0) is 11.3 Å². The number of aromatic nitrogens is 2. The zero-order valence-electron chi connectivity index (χ0n) is 10.9. The Kier molecular flexibility index (Phi) is 4.30. The Labute approximate surface area is 107 Å². The van der Waals surface area contributed by atoms with Crippen LogP contribution in [0.3, 0.4) is 0 Å². The van der Waals surface area contributed by atoms with Gasteiger partial charge in [-0.15, -0.1) is 0 Å². The molecule has 1 atom stereocenters. The molecular formula is C12H20N4O2. The number of nitrogens with one attached hydrogen (secondary N) is 1. The molecule has 0 spiro atoms. The fourth-order valence-electron chi connectivity index (χ4n) is 2.21. The van der Waals surface area contributed by atoms with Crippen LogP contribution in [0.5, 0.6) is 0 Å². The lowest BCUT2D eigenvalue weighted by Crippen LogP contribution is -2.46. The molecule has 0 radical (unpaired) electrons. The maximum atomic E-state index is 12.1. The monoisotopic (exact) mass is 252 g/mol. The zero-order chi connectivity index (χ0) is 13.0. The molecule has 18 heavy (non-hydrogen) atoms. The van der Waals surface area contributed by atoms with Crippen LogP contribution in [0.25, 0.3) is 0 Å². The molecule has 0 unspecified atom stereocenters. The lowest BCUT2D eigenvalue weighted by atomic mass is 10.2. The van der Waals surface area contributed by atoms with Crippen molar-refractivity contribution in [2.75, 3.05) is 7.05 Å². The van der Waals surface area contributed by atoms with Gasteiger partial charge in [-0.3, -0.25) is 9.69 Å². The van der Waals surface area contributed by atoms with Gasteiger partial charge in [-0.05, 0) is 26.8 Å². The summed E-state index contributed by atoms with van der Waals surface area (Å²) < 4.78 is 4.67. The fraction of sp³-hybridized carbons (Fsp3) is 0.750. The van der Waals surface area contributed by atoms with Crippen molar-refractivity contribution in [1.29, 1.82) is 0 Å². The van der Waals surface area contributed by atoms with E-state index in [0.29, 0.717) is 18.4 Å². The maximum absolute atomic E-state index is 12.1. The Hall–Kier alpha value is -1.43. The second-order valence-electron chi connectivity index (χ2n) is 4.93. The lowest BCUT2D eigenvalue weighted by molar-refractivity contribution is -0.126. The van der Waals surface area contributed by atoms with E-state index in [-0.39, 0.29) is 11.9 Å². The van der Waals surface area contributed by atoms with Crippen LogP contribution in [-0.4, -0.2) is 40.1 Å². The average Bonchev–Trinajstić information content (AvgIpc) is 3.01. The number of nitrogens with zero attached hydrogens (tertiary/aromatic N) is 3. The quantitative estimate of drug-likeness (QED) is 0.844. The van der Waals surface area contributed by atoms with Gasteiger partial charge >= 0.3 is 0 Å². The third-order valence-corrected chi connectivity index (χ3v) is 3.54. The Morgan fingerprint density at radius 1 is 1.61 bits per heavy atom. The van der Waals surface area contributed by atoms with Gasteiger partial charge in [0.25, 0.3) is 0 Å². The minimum absolute atomic E-state index is 0.0768. The summed E-state index contributed by atoms with van der Waals surface area (Å²) in [6.07, 6.45) is 5.95. The van der Waals surface area contributed by atoms with Crippen molar-refractivity contribution in [3.8, 4) is 0 Å². The molecule has 1 N–H and O–H groups in total. The summed E-state index contributed by atoms with van der Waals surface area (Å²) >= 11 is 0. The normalized spacial score (nSPS) is 18.2. The first-order valence-corrected chi connectivity index (χ1v) is 6.42. The van der Waals surface area contributed by atoms with Crippen LogP contribution in [0.4, 0.5) is 0 Å². The van der Waals surface area contributed by atoms with E-state index >= 15 is 0 Å². The second kappa shape index (κ2) is 5.95. The number of carbonyl (C=O) groups is 1. The van der Waals surface area contributed by atoms with E-state index in [1.807, 2.05) is 18.9 Å². The Balaban J connectivity index is 1.81. The van der Waals surface area contributed by atoms with Crippen LogP contribution in [0.15, 0.2) is 10.9 Å². The summed E-state index contributed by atoms with van der Waals surface area (Å²) in [5.74, 6) is 0.672. The molecule has 0 aromatic carbocycles. The topological polar surface area (TPSA) is 71.3 Å². The van der Waals surface area contributed by atoms with Crippen molar-refractivity contribution >= 4 is 5.91 Å². The van der Waals surface area contributed by atoms with E-state index in [4.69, 9.17) is 0 Å². The Morgan fingerprint density at radius 3 is 2.94 bits per heavy atom. The van der Waals surface area contributed by atoms with Gasteiger partial charge in [0.05, 0.1) is 12.6 Å². The molecule has 1 fully saturated rings. The van der Waals surface area contributed by atoms with Crippen LogP contribution >= 0.6 is 0 Å². The summed E-state index contributed by atoms with van der Waals surface area (Å²) in [6, 6.07) is 0.169. The number of rotatable bonds is 5. The predicted octanol–water partition coefficient (Wildman–Crippen LogP) is 0.949. The van der Waals surface area contributed by atoms with Crippen LogP contribution in [0.2, 0.25) is 0 Å². The highest BCUT2D eigenvalue weighted by molar-refractivity contribution is 5.81. The molecular weight excluding hydrogens is 232 g/mol. The molecule has 1 aliphatic rings. The molecule has 1 aliphatic carbocycles. The molecule has 6 nitrogen and oxygen atoms in total. The first-order valence-electron chi connectivity index (χ1n) is 6.42. The molecule has 0 aliphatic heterocycles. The first-order chi connectivity index (χ1) is 8.66. The van der Waals surface area contributed by atoms with E-state index < -0.39 is 0 Å². The van der Waals surface area contributed by atoms with Gasteiger partial charge in [0.2, 0.25) is 12.3 Å². The molecule has 0 bridgehead atoms. The maximum Gasteiger partial charge on any atom is 0.237 e. The third kappa shape index (κ3) is 3.29. The SMILES string of the molecule is C[C@@H](C(=O)NC1CCCC1)N(C)Cc1ncon1. The second-order valence-corrected chi connectivity index (χ2v) is 4.93. The van der Waals surface area contributed by atoms with Gasteiger partial charge in [0.1, 0.15) is 0 Å². The van der Waals surface area contributed by atoms with Crippen LogP contribution < -0.4 is 5.32 Å². The van der Waals surface area contributed by atoms with Gasteiger partial charge < -0.3 is 9.84 Å². The number of likely N-dealkylation sites (N-methyl/N-ethyl adjacent to an activating group) is 1. The average molecular weight is 252 g/mol. The highest BCUT2D eigenvalue weighted by atomic mass is 16.5. The molecule has 100 valence electrons. The van der Waals surface area contributed by atoms with Crippen molar-refractivity contribution in [1.82, 2.24) is 20.4 Å². The molecule has 1 saturated carbocycles. The Morgan fingerprint density at radius 2 is 2.33 bits per heavy atom. The standard InChI is InChI=1S/C12H20N4O2/c1-9(12(17)14-10-5-3-4-6-10)16(2)7-11-13-8-18-15-11/h8-10H,3-7H2,1-2H3,(H,14,17)/t9-/m0/s1. The molecule has 1 heterocycles. The van der Waals surface area contributed by atoms with Gasteiger partial charge in [-0.2, -0.15) is 4.98 Å². The largest absolute Gasteiger partial charge is 0.352 e. The summed E-state index contributed by atoms with van der Waals surface area (Å²) in [5, 5.41) is 6.84. The van der Waals surface area contributed by atoms with E-state index in [1.165, 1.54) is 19.2 Å². The number of carbonyl (C=O) groups excluding carboxylic acids is 1. The Bertz CT molecular complexity index is 373. The highest BCUT2D eigenvalue weighted by Crippen LogP contribution is 2.17. The molecule has 2 rings (SSSR count). The van der Waals surface area contributed by atoms with Crippen LogP contribution in [0.1, 0.15) is 38.4 Å². The van der Waals surface area contributed by atoms with Crippen molar-refractivity contribution in [3.63, 3.8) is 0 Å². The number of amides is 1. The molecule has 1 aromatic rings. The van der Waals surface area contributed by atoms with Gasteiger partial charge in [0.15, 0.2) is 5.82 Å². The first kappa shape index (κ1) is 13.0.